The molecule has 2 aromatic heterocycles. The van der Waals surface area contributed by atoms with E-state index in [9.17, 15) is 4.79 Å². The molecule has 0 unspecified atom stereocenters. The van der Waals surface area contributed by atoms with Crippen LogP contribution in [0.2, 0.25) is 0 Å². The molecule has 6 heteroatoms. The lowest BCUT2D eigenvalue weighted by Gasteiger charge is -2.28. The second-order valence-electron chi connectivity index (χ2n) is 8.29. The summed E-state index contributed by atoms with van der Waals surface area (Å²) in [5, 5.41) is 0.794. The highest BCUT2D eigenvalue weighted by atomic mass is 32.1. The summed E-state index contributed by atoms with van der Waals surface area (Å²) in [7, 11) is 0. The summed E-state index contributed by atoms with van der Waals surface area (Å²) in [6, 6.07) is 3.86. The molecular formula is C22H31N3O2S. The van der Waals surface area contributed by atoms with Gasteiger partial charge < -0.3 is 14.2 Å². The Morgan fingerprint density at radius 1 is 1.11 bits per heavy atom. The second kappa shape index (κ2) is 8.78. The summed E-state index contributed by atoms with van der Waals surface area (Å²) >= 11 is 1.45. The van der Waals surface area contributed by atoms with Crippen LogP contribution in [0.3, 0.4) is 0 Å². The Morgan fingerprint density at radius 2 is 1.93 bits per heavy atom. The summed E-state index contributed by atoms with van der Waals surface area (Å²) in [4.78, 5) is 23.1. The highest BCUT2D eigenvalue weighted by molar-refractivity contribution is 7.17. The fourth-order valence-corrected chi connectivity index (χ4v) is 5.48. The van der Waals surface area contributed by atoms with E-state index in [1.165, 1.54) is 50.0 Å². The first kappa shape index (κ1) is 19.6. The van der Waals surface area contributed by atoms with Gasteiger partial charge >= 0.3 is 0 Å². The van der Waals surface area contributed by atoms with E-state index in [0.717, 1.165) is 65.6 Å². The number of nitrogens with zero attached hydrogens (tertiary/aromatic N) is 3. The Hall–Kier alpha value is -1.66. The van der Waals surface area contributed by atoms with Crippen molar-refractivity contribution in [2.24, 2.45) is 5.92 Å². The SMILES string of the molecule is Cc1ccc(-c2nc(C)c(C(=O)N3CCCN(CC4CCCCC4)CC3)s2)o1. The van der Waals surface area contributed by atoms with E-state index in [2.05, 4.69) is 9.88 Å². The fraction of sp³-hybridized carbons (Fsp3) is 0.636. The van der Waals surface area contributed by atoms with Crippen molar-refractivity contribution in [2.45, 2.75) is 52.4 Å². The Kier molecular flexibility index (Phi) is 6.16. The van der Waals surface area contributed by atoms with Gasteiger partial charge in [0.15, 0.2) is 10.8 Å². The number of thiazole rings is 1. The predicted molar refractivity (Wildman–Crippen MR) is 113 cm³/mol. The van der Waals surface area contributed by atoms with Crippen molar-refractivity contribution in [1.82, 2.24) is 14.8 Å². The quantitative estimate of drug-likeness (QED) is 0.742. The maximum Gasteiger partial charge on any atom is 0.265 e. The topological polar surface area (TPSA) is 49.6 Å². The molecule has 2 fully saturated rings. The first-order valence-corrected chi connectivity index (χ1v) is 11.5. The summed E-state index contributed by atoms with van der Waals surface area (Å²) in [5.74, 6) is 2.60. The van der Waals surface area contributed by atoms with Gasteiger partial charge in [-0.1, -0.05) is 19.3 Å². The van der Waals surface area contributed by atoms with Crippen molar-refractivity contribution in [2.75, 3.05) is 32.7 Å². The monoisotopic (exact) mass is 401 g/mol. The van der Waals surface area contributed by atoms with Gasteiger partial charge in [0.2, 0.25) is 0 Å². The Bertz CT molecular complexity index is 807. The molecule has 5 nitrogen and oxygen atoms in total. The Morgan fingerprint density at radius 3 is 2.68 bits per heavy atom. The fourth-order valence-electron chi connectivity index (χ4n) is 4.48. The third-order valence-corrected chi connectivity index (χ3v) is 7.22. The number of carbonyl (C=O) groups excluding carboxylic acids is 1. The maximum absolute atomic E-state index is 13.2. The molecule has 0 aromatic carbocycles. The number of rotatable bonds is 4. The maximum atomic E-state index is 13.2. The summed E-state index contributed by atoms with van der Waals surface area (Å²) in [6.45, 7) is 8.82. The molecule has 1 aliphatic carbocycles. The van der Waals surface area contributed by atoms with Crippen LogP contribution in [0, 0.1) is 19.8 Å². The van der Waals surface area contributed by atoms with E-state index >= 15 is 0 Å². The number of hydrogen-bond acceptors (Lipinski definition) is 5. The van der Waals surface area contributed by atoms with Gasteiger partial charge in [-0.25, -0.2) is 4.98 Å². The minimum atomic E-state index is 0.129. The van der Waals surface area contributed by atoms with E-state index in [0.29, 0.717) is 0 Å². The van der Waals surface area contributed by atoms with Crippen LogP contribution in [-0.2, 0) is 0 Å². The number of aromatic nitrogens is 1. The number of carbonyl (C=O) groups is 1. The highest BCUT2D eigenvalue weighted by Crippen LogP contribution is 2.30. The highest BCUT2D eigenvalue weighted by Gasteiger charge is 2.26. The van der Waals surface area contributed by atoms with Gasteiger partial charge in [0.25, 0.3) is 5.91 Å². The van der Waals surface area contributed by atoms with Gasteiger partial charge in [0, 0.05) is 26.2 Å². The van der Waals surface area contributed by atoms with Crippen LogP contribution in [0.1, 0.15) is 59.7 Å². The molecule has 28 heavy (non-hydrogen) atoms. The molecule has 2 aliphatic rings. The molecule has 0 spiro atoms. The zero-order valence-electron chi connectivity index (χ0n) is 17.1. The van der Waals surface area contributed by atoms with Crippen LogP contribution in [0.15, 0.2) is 16.5 Å². The zero-order chi connectivity index (χ0) is 19.5. The minimum absolute atomic E-state index is 0.129. The number of aryl methyl sites for hydroxylation is 2. The third kappa shape index (κ3) is 4.49. The molecule has 1 saturated carbocycles. The summed E-state index contributed by atoms with van der Waals surface area (Å²) in [6.07, 6.45) is 8.02. The average molecular weight is 402 g/mol. The van der Waals surface area contributed by atoms with Crippen molar-refractivity contribution in [1.29, 1.82) is 0 Å². The first-order chi connectivity index (χ1) is 13.6. The number of amides is 1. The van der Waals surface area contributed by atoms with Gasteiger partial charge in [0.1, 0.15) is 10.6 Å². The molecule has 1 saturated heterocycles. The van der Waals surface area contributed by atoms with Gasteiger partial charge in [0.05, 0.1) is 5.69 Å². The van der Waals surface area contributed by atoms with Gasteiger partial charge in [-0.2, -0.15) is 0 Å². The molecule has 0 atom stereocenters. The Balaban J connectivity index is 1.39. The molecule has 1 amide bonds. The largest absolute Gasteiger partial charge is 0.459 e. The van der Waals surface area contributed by atoms with Crippen molar-refractivity contribution < 1.29 is 9.21 Å². The summed E-state index contributed by atoms with van der Waals surface area (Å²) < 4.78 is 5.69. The standard InChI is InChI=1S/C22H31N3O2S/c1-16-9-10-19(27-16)21-23-17(2)20(28-21)22(26)25-12-6-11-24(13-14-25)15-18-7-4-3-5-8-18/h9-10,18H,3-8,11-15H2,1-2H3. The molecule has 2 aromatic rings. The van der Waals surface area contributed by atoms with E-state index < -0.39 is 0 Å². The van der Waals surface area contributed by atoms with Crippen molar-refractivity contribution in [3.8, 4) is 10.8 Å². The second-order valence-corrected chi connectivity index (χ2v) is 9.29. The van der Waals surface area contributed by atoms with Crippen molar-refractivity contribution >= 4 is 17.2 Å². The molecular weight excluding hydrogens is 370 g/mol. The normalized spacial score (nSPS) is 19.7. The lowest BCUT2D eigenvalue weighted by atomic mass is 9.89. The van der Waals surface area contributed by atoms with Crippen LogP contribution in [-0.4, -0.2) is 53.4 Å². The number of furan rings is 1. The van der Waals surface area contributed by atoms with Gasteiger partial charge in [-0.3, -0.25) is 4.79 Å². The van der Waals surface area contributed by atoms with E-state index in [-0.39, 0.29) is 5.91 Å². The van der Waals surface area contributed by atoms with Crippen molar-refractivity contribution in [3.05, 3.63) is 28.5 Å². The van der Waals surface area contributed by atoms with Crippen molar-refractivity contribution in [3.63, 3.8) is 0 Å². The van der Waals surface area contributed by atoms with E-state index in [1.807, 2.05) is 30.9 Å². The van der Waals surface area contributed by atoms with Crippen LogP contribution >= 0.6 is 11.3 Å². The Labute approximate surface area is 171 Å². The predicted octanol–water partition coefficient (Wildman–Crippen LogP) is 4.75. The lowest BCUT2D eigenvalue weighted by molar-refractivity contribution is 0.0764. The third-order valence-electron chi connectivity index (χ3n) is 6.06. The molecule has 4 rings (SSSR count). The summed E-state index contributed by atoms with van der Waals surface area (Å²) in [5.41, 5.74) is 0.808. The zero-order valence-corrected chi connectivity index (χ0v) is 17.9. The smallest absolute Gasteiger partial charge is 0.265 e. The molecule has 0 bridgehead atoms. The molecule has 152 valence electrons. The lowest BCUT2D eigenvalue weighted by Crippen LogP contribution is -2.36. The van der Waals surface area contributed by atoms with Gasteiger partial charge in [-0.15, -0.1) is 11.3 Å². The van der Waals surface area contributed by atoms with Crippen LogP contribution in [0.25, 0.3) is 10.8 Å². The average Bonchev–Trinajstić information content (AvgIpc) is 3.22. The number of hydrogen-bond donors (Lipinski definition) is 0. The van der Waals surface area contributed by atoms with Crippen LogP contribution in [0.4, 0.5) is 0 Å². The van der Waals surface area contributed by atoms with E-state index in [1.54, 1.807) is 0 Å². The molecule has 3 heterocycles. The molecule has 1 aliphatic heterocycles. The van der Waals surface area contributed by atoms with Gasteiger partial charge in [-0.05, 0) is 57.7 Å². The minimum Gasteiger partial charge on any atom is -0.459 e. The van der Waals surface area contributed by atoms with E-state index in [4.69, 9.17) is 4.42 Å². The first-order valence-electron chi connectivity index (χ1n) is 10.7. The van der Waals surface area contributed by atoms with Crippen LogP contribution in [0.5, 0.6) is 0 Å². The molecule has 0 N–H and O–H groups in total. The molecule has 0 radical (unpaired) electrons. The van der Waals surface area contributed by atoms with Crippen LogP contribution < -0.4 is 0 Å².